The molecule has 0 aliphatic heterocycles. The lowest BCUT2D eigenvalue weighted by molar-refractivity contribution is -0.115. The number of hydrogen-bond acceptors (Lipinski definition) is 2. The molecule has 1 aromatic rings. The van der Waals surface area contributed by atoms with Crippen molar-refractivity contribution in [3.63, 3.8) is 0 Å². The number of aromatic nitrogens is 2. The van der Waals surface area contributed by atoms with Crippen molar-refractivity contribution in [1.29, 1.82) is 0 Å². The van der Waals surface area contributed by atoms with Gasteiger partial charge in [-0.3, -0.25) is 9.48 Å². The van der Waals surface area contributed by atoms with E-state index in [0.717, 1.165) is 0 Å². The van der Waals surface area contributed by atoms with Crippen LogP contribution in [0.1, 0.15) is 6.92 Å². The molecule has 14 heavy (non-hydrogen) atoms. The van der Waals surface area contributed by atoms with E-state index >= 15 is 0 Å². The Bertz CT molecular complexity index is 313. The second-order valence-electron chi connectivity index (χ2n) is 2.79. The van der Waals surface area contributed by atoms with Crippen LogP contribution in [0, 0.1) is 0 Å². The number of halogens is 2. The van der Waals surface area contributed by atoms with Crippen LogP contribution in [0.4, 0.5) is 10.1 Å². The topological polar surface area (TPSA) is 46.9 Å². The Morgan fingerprint density at radius 1 is 1.86 bits per heavy atom. The minimum atomic E-state index is -0.468. The van der Waals surface area contributed by atoms with Crippen molar-refractivity contribution in [3.05, 3.63) is 12.4 Å². The highest BCUT2D eigenvalue weighted by Crippen LogP contribution is 2.07. The van der Waals surface area contributed by atoms with Crippen LogP contribution < -0.4 is 5.32 Å². The molecule has 1 heterocycles. The van der Waals surface area contributed by atoms with Gasteiger partial charge in [-0.1, -0.05) is 15.9 Å². The van der Waals surface area contributed by atoms with Crippen LogP contribution in [0.15, 0.2) is 12.4 Å². The number of carbonyl (C=O) groups is 1. The summed E-state index contributed by atoms with van der Waals surface area (Å²) in [4.78, 5) is 11.0. The maximum Gasteiger partial charge on any atom is 0.237 e. The summed E-state index contributed by atoms with van der Waals surface area (Å²) in [6.07, 6.45) is 3.08. The van der Waals surface area contributed by atoms with Crippen LogP contribution in [0.2, 0.25) is 0 Å². The molecular formula is C8H11BrFN3O. The van der Waals surface area contributed by atoms with Crippen molar-refractivity contribution < 1.29 is 9.18 Å². The van der Waals surface area contributed by atoms with E-state index in [4.69, 9.17) is 0 Å². The van der Waals surface area contributed by atoms with Crippen LogP contribution in [0.3, 0.4) is 0 Å². The highest BCUT2D eigenvalue weighted by molar-refractivity contribution is 9.10. The predicted octanol–water partition coefficient (Wildman–Crippen LogP) is 1.57. The fraction of sp³-hybridized carbons (Fsp3) is 0.500. The predicted molar refractivity (Wildman–Crippen MR) is 55.2 cm³/mol. The van der Waals surface area contributed by atoms with Crippen molar-refractivity contribution in [3.8, 4) is 0 Å². The van der Waals surface area contributed by atoms with Crippen LogP contribution in [0.25, 0.3) is 0 Å². The maximum atomic E-state index is 11.9. The Balaban J connectivity index is 2.55. The van der Waals surface area contributed by atoms with Crippen molar-refractivity contribution in [2.24, 2.45) is 0 Å². The molecule has 0 aliphatic rings. The molecule has 1 atom stereocenters. The summed E-state index contributed by atoms with van der Waals surface area (Å²) in [5.74, 6) is -0.148. The molecule has 0 aliphatic carbocycles. The average Bonchev–Trinajstić information content (AvgIpc) is 2.53. The number of nitrogens with zero attached hydrogens (tertiary/aromatic N) is 2. The van der Waals surface area contributed by atoms with Gasteiger partial charge in [0.05, 0.1) is 23.3 Å². The number of anilines is 1. The van der Waals surface area contributed by atoms with Crippen LogP contribution in [-0.4, -0.2) is 27.2 Å². The van der Waals surface area contributed by atoms with Gasteiger partial charge >= 0.3 is 0 Å². The molecule has 0 fully saturated rings. The third-order valence-electron chi connectivity index (χ3n) is 1.58. The number of amides is 1. The second-order valence-corrected chi connectivity index (χ2v) is 4.16. The Morgan fingerprint density at radius 2 is 2.57 bits per heavy atom. The van der Waals surface area contributed by atoms with E-state index in [1.54, 1.807) is 13.1 Å². The molecule has 0 aromatic carbocycles. The Morgan fingerprint density at radius 3 is 3.14 bits per heavy atom. The van der Waals surface area contributed by atoms with Crippen molar-refractivity contribution >= 4 is 27.5 Å². The van der Waals surface area contributed by atoms with E-state index in [-0.39, 0.29) is 17.3 Å². The fourth-order valence-corrected chi connectivity index (χ4v) is 0.993. The monoisotopic (exact) mass is 263 g/mol. The first-order valence-electron chi connectivity index (χ1n) is 4.17. The molecule has 78 valence electrons. The summed E-state index contributed by atoms with van der Waals surface area (Å²) in [6, 6.07) is 0. The lowest BCUT2D eigenvalue weighted by atomic mass is 10.4. The molecule has 4 nitrogen and oxygen atoms in total. The van der Waals surface area contributed by atoms with Crippen LogP contribution in [-0.2, 0) is 11.3 Å². The number of carbonyl (C=O) groups excluding carboxylic acids is 1. The average molecular weight is 264 g/mol. The van der Waals surface area contributed by atoms with Crippen LogP contribution in [0.5, 0.6) is 0 Å². The molecule has 1 amide bonds. The number of alkyl halides is 2. The first-order chi connectivity index (χ1) is 6.63. The minimum Gasteiger partial charge on any atom is -0.322 e. The molecule has 0 unspecified atom stereocenters. The Hall–Kier alpha value is -0.910. The highest BCUT2D eigenvalue weighted by atomic mass is 79.9. The van der Waals surface area contributed by atoms with E-state index < -0.39 is 6.67 Å². The number of hydrogen-bond donors (Lipinski definition) is 1. The maximum absolute atomic E-state index is 11.9. The zero-order valence-electron chi connectivity index (χ0n) is 7.70. The van der Waals surface area contributed by atoms with Gasteiger partial charge in [-0.05, 0) is 6.92 Å². The molecule has 0 spiro atoms. The largest absolute Gasteiger partial charge is 0.322 e. The van der Waals surface area contributed by atoms with Gasteiger partial charge < -0.3 is 5.32 Å². The van der Waals surface area contributed by atoms with Gasteiger partial charge in [0.15, 0.2) is 0 Å². The zero-order chi connectivity index (χ0) is 10.6. The normalized spacial score (nSPS) is 12.5. The standard InChI is InChI=1S/C8H11BrFN3O/c1-6(9)8(14)12-7-4-11-13(5-7)3-2-10/h4-6H,2-3H2,1H3,(H,12,14)/t6-/m1/s1. The molecule has 0 saturated carbocycles. The Kier molecular flexibility index (Phi) is 4.06. The van der Waals surface area contributed by atoms with Crippen molar-refractivity contribution in [2.75, 3.05) is 12.0 Å². The smallest absolute Gasteiger partial charge is 0.237 e. The zero-order valence-corrected chi connectivity index (χ0v) is 9.29. The lowest BCUT2D eigenvalue weighted by Gasteiger charge is -2.02. The SMILES string of the molecule is C[C@@H](Br)C(=O)Nc1cnn(CCF)c1. The van der Waals surface area contributed by atoms with Gasteiger partial charge in [0.2, 0.25) is 5.91 Å². The molecule has 0 bridgehead atoms. The van der Waals surface area contributed by atoms with Gasteiger partial charge in [-0.15, -0.1) is 0 Å². The lowest BCUT2D eigenvalue weighted by Crippen LogP contribution is -2.19. The van der Waals surface area contributed by atoms with Crippen molar-refractivity contribution in [1.82, 2.24) is 9.78 Å². The molecule has 0 radical (unpaired) electrons. The quantitative estimate of drug-likeness (QED) is 0.839. The summed E-state index contributed by atoms with van der Waals surface area (Å²) in [7, 11) is 0. The summed E-state index contributed by atoms with van der Waals surface area (Å²) in [5.41, 5.74) is 0.578. The summed E-state index contributed by atoms with van der Waals surface area (Å²) in [5, 5.41) is 6.49. The van der Waals surface area contributed by atoms with Gasteiger partial charge in [0, 0.05) is 6.20 Å². The highest BCUT2D eigenvalue weighted by Gasteiger charge is 2.09. The van der Waals surface area contributed by atoms with Gasteiger partial charge in [0.25, 0.3) is 0 Å². The van der Waals surface area contributed by atoms with E-state index in [1.807, 2.05) is 0 Å². The van der Waals surface area contributed by atoms with E-state index in [0.29, 0.717) is 5.69 Å². The third-order valence-corrected chi connectivity index (χ3v) is 1.99. The third kappa shape index (κ3) is 3.10. The van der Waals surface area contributed by atoms with E-state index in [1.165, 1.54) is 10.9 Å². The molecule has 1 N–H and O–H groups in total. The summed E-state index contributed by atoms with van der Waals surface area (Å²) < 4.78 is 13.4. The molecule has 1 rings (SSSR count). The van der Waals surface area contributed by atoms with Gasteiger partial charge in [-0.25, -0.2) is 4.39 Å². The molecule has 0 saturated heterocycles. The Labute approximate surface area is 89.6 Å². The molecule has 1 aromatic heterocycles. The van der Waals surface area contributed by atoms with Crippen LogP contribution >= 0.6 is 15.9 Å². The minimum absolute atomic E-state index is 0.148. The number of aryl methyl sites for hydroxylation is 1. The summed E-state index contributed by atoms with van der Waals surface area (Å²) in [6.45, 7) is 1.46. The molecule has 6 heteroatoms. The number of rotatable bonds is 4. The van der Waals surface area contributed by atoms with E-state index in [9.17, 15) is 9.18 Å². The van der Waals surface area contributed by atoms with Gasteiger partial charge in [-0.2, -0.15) is 5.10 Å². The van der Waals surface area contributed by atoms with E-state index in [2.05, 4.69) is 26.3 Å². The number of nitrogens with one attached hydrogen (secondary N) is 1. The first-order valence-corrected chi connectivity index (χ1v) is 5.08. The summed E-state index contributed by atoms with van der Waals surface area (Å²) >= 11 is 3.14. The van der Waals surface area contributed by atoms with Crippen molar-refractivity contribution in [2.45, 2.75) is 18.3 Å². The molecular weight excluding hydrogens is 253 g/mol. The first kappa shape index (κ1) is 11.2. The fourth-order valence-electron chi connectivity index (χ4n) is 0.879. The second kappa shape index (κ2) is 5.09. The van der Waals surface area contributed by atoms with Gasteiger partial charge in [0.1, 0.15) is 6.67 Å².